The highest BCUT2D eigenvalue weighted by molar-refractivity contribution is 6.05. The molecule has 1 aliphatic rings. The van der Waals surface area contributed by atoms with Gasteiger partial charge in [0.05, 0.1) is 16.7 Å². The second kappa shape index (κ2) is 11.0. The van der Waals surface area contributed by atoms with Crippen LogP contribution in [0.15, 0.2) is 77.6 Å². The number of ether oxygens (including phenoxy) is 1. The number of hydrogen-bond acceptors (Lipinski definition) is 5. The largest absolute Gasteiger partial charge is 0.489 e. The number of likely N-dealkylation sites (tertiary alicyclic amines) is 1. The van der Waals surface area contributed by atoms with E-state index in [0.717, 1.165) is 42.5 Å². The van der Waals surface area contributed by atoms with E-state index in [9.17, 15) is 14.7 Å². The van der Waals surface area contributed by atoms with Gasteiger partial charge >= 0.3 is 5.69 Å². The molecule has 1 fully saturated rings. The predicted octanol–water partition coefficient (Wildman–Crippen LogP) is 3.97. The molecule has 0 radical (unpaired) electrons. The van der Waals surface area contributed by atoms with Gasteiger partial charge in [-0.25, -0.2) is 4.79 Å². The number of imidazole rings is 1. The Bertz CT molecular complexity index is 1420. The molecule has 1 aliphatic heterocycles. The third-order valence-corrected chi connectivity index (χ3v) is 6.90. The van der Waals surface area contributed by atoms with Crippen molar-refractivity contribution >= 4 is 22.6 Å². The van der Waals surface area contributed by atoms with Gasteiger partial charge in [0.2, 0.25) is 0 Å². The number of anilines is 1. The van der Waals surface area contributed by atoms with E-state index in [1.54, 1.807) is 24.3 Å². The summed E-state index contributed by atoms with van der Waals surface area (Å²) in [5.41, 5.74) is 3.95. The minimum absolute atomic E-state index is 0.0683. The number of rotatable bonds is 8. The highest BCUT2D eigenvalue weighted by Crippen LogP contribution is 2.26. The molecule has 37 heavy (non-hydrogen) atoms. The molecule has 1 atom stereocenters. The zero-order valence-electron chi connectivity index (χ0n) is 20.9. The lowest BCUT2D eigenvalue weighted by Crippen LogP contribution is -2.42. The standard InChI is InChI=1S/C29H32N4O4/c1-20-10-12-21(13-11-20)28(35)30-25-7-3-5-9-27(25)37-19-23(34)18-32-16-14-22(15-17-32)33-26-8-4-2-6-24(26)31-29(33)36/h2-13,22-23,34H,14-19H2,1H3,(H,30,35)(H,31,36). The Morgan fingerprint density at radius 1 is 1.05 bits per heavy atom. The number of aliphatic hydroxyl groups is 1. The second-order valence-corrected chi connectivity index (χ2v) is 9.63. The van der Waals surface area contributed by atoms with Crippen LogP contribution in [0.1, 0.15) is 34.8 Å². The maximum Gasteiger partial charge on any atom is 0.326 e. The van der Waals surface area contributed by atoms with E-state index in [1.807, 2.05) is 60.0 Å². The van der Waals surface area contributed by atoms with Crippen molar-refractivity contribution in [2.24, 2.45) is 0 Å². The van der Waals surface area contributed by atoms with Crippen molar-refractivity contribution in [3.63, 3.8) is 0 Å². The first-order chi connectivity index (χ1) is 18.0. The van der Waals surface area contributed by atoms with Crippen LogP contribution in [0.25, 0.3) is 11.0 Å². The smallest absolute Gasteiger partial charge is 0.326 e. The summed E-state index contributed by atoms with van der Waals surface area (Å²) in [6.07, 6.45) is 0.986. The highest BCUT2D eigenvalue weighted by Gasteiger charge is 2.25. The zero-order valence-corrected chi connectivity index (χ0v) is 20.9. The molecule has 1 amide bonds. The van der Waals surface area contributed by atoms with Gasteiger partial charge in [-0.15, -0.1) is 0 Å². The molecule has 8 heteroatoms. The van der Waals surface area contributed by atoms with E-state index in [0.29, 0.717) is 23.5 Å². The van der Waals surface area contributed by atoms with Crippen molar-refractivity contribution in [2.75, 3.05) is 31.6 Å². The first-order valence-electron chi connectivity index (χ1n) is 12.7. The number of aromatic amines is 1. The van der Waals surface area contributed by atoms with Gasteiger partial charge in [0, 0.05) is 31.2 Å². The summed E-state index contributed by atoms with van der Waals surface area (Å²) in [7, 11) is 0. The second-order valence-electron chi connectivity index (χ2n) is 9.63. The summed E-state index contributed by atoms with van der Waals surface area (Å²) in [6.45, 7) is 4.14. The number of fused-ring (bicyclic) bond motifs is 1. The molecule has 1 unspecified atom stereocenters. The van der Waals surface area contributed by atoms with Gasteiger partial charge in [-0.05, 0) is 56.2 Å². The molecule has 8 nitrogen and oxygen atoms in total. The van der Waals surface area contributed by atoms with Gasteiger partial charge < -0.3 is 25.0 Å². The Labute approximate surface area is 215 Å². The molecule has 2 heterocycles. The summed E-state index contributed by atoms with van der Waals surface area (Å²) >= 11 is 0. The van der Waals surface area contributed by atoms with Gasteiger partial charge in [-0.1, -0.05) is 42.0 Å². The number of hydrogen-bond donors (Lipinski definition) is 3. The molecule has 192 valence electrons. The number of amides is 1. The quantitative estimate of drug-likeness (QED) is 0.340. The van der Waals surface area contributed by atoms with E-state index in [-0.39, 0.29) is 24.2 Å². The van der Waals surface area contributed by atoms with E-state index >= 15 is 0 Å². The summed E-state index contributed by atoms with van der Waals surface area (Å²) in [4.78, 5) is 30.3. The number of carbonyl (C=O) groups is 1. The van der Waals surface area contributed by atoms with Crippen LogP contribution in [0, 0.1) is 6.92 Å². The fourth-order valence-electron chi connectivity index (χ4n) is 4.93. The van der Waals surface area contributed by atoms with E-state index in [4.69, 9.17) is 4.74 Å². The van der Waals surface area contributed by atoms with Gasteiger partial charge in [-0.3, -0.25) is 9.36 Å². The normalized spacial score (nSPS) is 15.5. The minimum Gasteiger partial charge on any atom is -0.489 e. The molecule has 3 N–H and O–H groups in total. The lowest BCUT2D eigenvalue weighted by Gasteiger charge is -2.33. The molecule has 1 aromatic heterocycles. The topological polar surface area (TPSA) is 99.6 Å². The maximum atomic E-state index is 12.6. The molecule has 0 aliphatic carbocycles. The number of aromatic nitrogens is 2. The third kappa shape index (κ3) is 5.76. The van der Waals surface area contributed by atoms with Crippen LogP contribution in [-0.4, -0.2) is 57.8 Å². The number of β-amino-alcohol motifs (C(OH)–C–C–N with tert-alkyl or cyclic N) is 1. The summed E-state index contributed by atoms with van der Waals surface area (Å²) < 4.78 is 7.77. The minimum atomic E-state index is -0.687. The summed E-state index contributed by atoms with van der Waals surface area (Å²) in [6, 6.07) is 22.5. The summed E-state index contributed by atoms with van der Waals surface area (Å²) in [5.74, 6) is 0.299. The Kier molecular flexibility index (Phi) is 7.39. The first kappa shape index (κ1) is 24.8. The number of aryl methyl sites for hydroxylation is 1. The number of benzene rings is 3. The van der Waals surface area contributed by atoms with Crippen LogP contribution in [0.2, 0.25) is 0 Å². The van der Waals surface area contributed by atoms with Gasteiger partial charge in [0.1, 0.15) is 18.5 Å². The molecule has 3 aromatic carbocycles. The Hall–Kier alpha value is -3.88. The number of aliphatic hydroxyl groups excluding tert-OH is 1. The van der Waals surface area contributed by atoms with E-state index in [2.05, 4.69) is 15.2 Å². The van der Waals surface area contributed by atoms with Crippen molar-refractivity contribution in [3.8, 4) is 5.75 Å². The van der Waals surface area contributed by atoms with Crippen LogP contribution in [0.4, 0.5) is 5.69 Å². The van der Waals surface area contributed by atoms with Crippen LogP contribution >= 0.6 is 0 Å². The van der Waals surface area contributed by atoms with Crippen molar-refractivity contribution in [1.82, 2.24) is 14.5 Å². The van der Waals surface area contributed by atoms with Crippen LogP contribution in [0.3, 0.4) is 0 Å². The number of nitrogens with zero attached hydrogens (tertiary/aromatic N) is 2. The fraction of sp³-hybridized carbons (Fsp3) is 0.310. The average molecular weight is 501 g/mol. The summed E-state index contributed by atoms with van der Waals surface area (Å²) in [5, 5.41) is 13.6. The molecule has 0 bridgehead atoms. The van der Waals surface area contributed by atoms with Crippen LogP contribution in [-0.2, 0) is 0 Å². The van der Waals surface area contributed by atoms with Crippen molar-refractivity contribution in [1.29, 1.82) is 0 Å². The van der Waals surface area contributed by atoms with E-state index < -0.39 is 6.10 Å². The average Bonchev–Trinajstić information content (AvgIpc) is 3.24. The number of H-pyrrole nitrogens is 1. The van der Waals surface area contributed by atoms with Crippen LogP contribution in [0.5, 0.6) is 5.75 Å². The molecule has 0 saturated carbocycles. The van der Waals surface area contributed by atoms with Crippen molar-refractivity contribution < 1.29 is 14.6 Å². The van der Waals surface area contributed by atoms with Gasteiger partial charge in [-0.2, -0.15) is 0 Å². The lowest BCUT2D eigenvalue weighted by molar-refractivity contribution is 0.0561. The molecular formula is C29H32N4O4. The molecule has 1 saturated heterocycles. The van der Waals surface area contributed by atoms with Crippen LogP contribution < -0.4 is 15.7 Å². The lowest BCUT2D eigenvalue weighted by atomic mass is 10.0. The van der Waals surface area contributed by atoms with Crippen molar-refractivity contribution in [3.05, 3.63) is 94.4 Å². The Morgan fingerprint density at radius 2 is 1.76 bits per heavy atom. The number of carbonyl (C=O) groups excluding carboxylic acids is 1. The van der Waals surface area contributed by atoms with Gasteiger partial charge in [0.25, 0.3) is 5.91 Å². The molecular weight excluding hydrogens is 468 g/mol. The van der Waals surface area contributed by atoms with Gasteiger partial charge in [0.15, 0.2) is 0 Å². The Balaban J connectivity index is 1.13. The molecule has 0 spiro atoms. The SMILES string of the molecule is Cc1ccc(C(=O)Nc2ccccc2OCC(O)CN2CCC(n3c(=O)[nH]c4ccccc43)CC2)cc1. The zero-order chi connectivity index (χ0) is 25.8. The molecule has 4 aromatic rings. The first-order valence-corrected chi connectivity index (χ1v) is 12.7. The highest BCUT2D eigenvalue weighted by atomic mass is 16.5. The van der Waals surface area contributed by atoms with E-state index in [1.165, 1.54) is 0 Å². The Morgan fingerprint density at radius 3 is 2.54 bits per heavy atom. The maximum absolute atomic E-state index is 12.6. The van der Waals surface area contributed by atoms with Crippen molar-refractivity contribution in [2.45, 2.75) is 31.9 Å². The third-order valence-electron chi connectivity index (χ3n) is 6.90. The predicted molar refractivity (Wildman–Crippen MR) is 144 cm³/mol. The number of nitrogens with one attached hydrogen (secondary N) is 2. The fourth-order valence-corrected chi connectivity index (χ4v) is 4.93. The monoisotopic (exact) mass is 500 g/mol. The number of para-hydroxylation sites is 4. The molecule has 5 rings (SSSR count). The number of piperidine rings is 1.